The molecule has 7 heavy (non-hydrogen) atoms. The average Bonchev–Trinajstić information content (AvgIpc) is 1.81. The van der Waals surface area contributed by atoms with Gasteiger partial charge in [-0.15, -0.1) is 38.5 Å². The Morgan fingerprint density at radius 1 is 0.429 bits per heavy atom. The summed E-state index contributed by atoms with van der Waals surface area (Å²) in [5.41, 5.74) is 0. The van der Waals surface area contributed by atoms with Crippen LogP contribution in [-0.4, -0.2) is 0 Å². The molecule has 0 spiro atoms. The van der Waals surface area contributed by atoms with Crippen molar-refractivity contribution in [2.75, 3.05) is 0 Å². The monoisotopic (exact) mass is 118 g/mol. The SMILES string of the molecule is C#C.C#C.C#C.[Ar]. The van der Waals surface area contributed by atoms with Gasteiger partial charge in [0.05, 0.1) is 0 Å². The summed E-state index contributed by atoms with van der Waals surface area (Å²) in [6.07, 6.45) is 24.0. The molecule has 0 amide bonds. The van der Waals surface area contributed by atoms with Crippen LogP contribution in [0, 0.1) is 76.3 Å². The van der Waals surface area contributed by atoms with Gasteiger partial charge in [-0.2, -0.15) is 0 Å². The molecule has 0 bridgehead atoms. The molecular weight excluding hydrogens is 112 g/mol. The van der Waals surface area contributed by atoms with Gasteiger partial charge in [-0.3, -0.25) is 0 Å². The predicted octanol–water partition coefficient (Wildman–Crippen LogP) is 0.748. The Morgan fingerprint density at radius 3 is 0.429 bits per heavy atom. The largest absolute Gasteiger partial charge is 0.124 e. The average molecular weight is 118 g/mol. The van der Waals surface area contributed by atoms with Crippen LogP contribution in [0.2, 0.25) is 0 Å². The molecule has 0 saturated heterocycles. The maximum absolute atomic E-state index is 4.00. The fourth-order valence-electron chi connectivity index (χ4n) is 0. The molecular formula is C6H6Ar. The Morgan fingerprint density at radius 2 is 0.429 bits per heavy atom. The molecule has 0 saturated carbocycles. The van der Waals surface area contributed by atoms with E-state index in [9.17, 15) is 0 Å². The summed E-state index contributed by atoms with van der Waals surface area (Å²) in [7, 11) is 0. The quantitative estimate of drug-likeness (QED) is 0.412. The fraction of sp³-hybridized carbons (Fsp3) is 0. The number of hydrogen-bond acceptors (Lipinski definition) is 0. The first-order valence-electron chi connectivity index (χ1n) is 1.00. The van der Waals surface area contributed by atoms with Crippen molar-refractivity contribution in [1.82, 2.24) is 0 Å². The summed E-state index contributed by atoms with van der Waals surface area (Å²) < 4.78 is 0. The fourth-order valence-corrected chi connectivity index (χ4v) is 0. The van der Waals surface area contributed by atoms with E-state index in [0.29, 0.717) is 0 Å². The van der Waals surface area contributed by atoms with Gasteiger partial charge >= 0.3 is 0 Å². The molecule has 0 aliphatic rings. The summed E-state index contributed by atoms with van der Waals surface area (Å²) in [6, 6.07) is 0. The van der Waals surface area contributed by atoms with E-state index in [2.05, 4.69) is 38.5 Å². The van der Waals surface area contributed by atoms with Crippen molar-refractivity contribution in [2.24, 2.45) is 0 Å². The normalized spacial score (nSPS) is 0.857. The minimum Gasteiger partial charge on any atom is -0.124 e. The van der Waals surface area contributed by atoms with Crippen molar-refractivity contribution >= 4 is 0 Å². The summed E-state index contributed by atoms with van der Waals surface area (Å²) >= 11 is 0. The summed E-state index contributed by atoms with van der Waals surface area (Å²) in [5.74, 6) is 0. The van der Waals surface area contributed by atoms with Crippen molar-refractivity contribution in [2.45, 2.75) is 0 Å². The third kappa shape index (κ3) is 25400. The van der Waals surface area contributed by atoms with E-state index < -0.39 is 0 Å². The smallest absolute Gasteiger partial charge is 0 e. The van der Waals surface area contributed by atoms with E-state index in [4.69, 9.17) is 0 Å². The molecule has 0 heterocycles. The van der Waals surface area contributed by atoms with E-state index in [0.717, 1.165) is 0 Å². The molecule has 0 unspecified atom stereocenters. The Hall–Kier alpha value is -0.0603. The van der Waals surface area contributed by atoms with E-state index in [1.54, 1.807) is 0 Å². The van der Waals surface area contributed by atoms with Crippen LogP contribution in [0.1, 0.15) is 0 Å². The molecule has 0 aromatic heterocycles. The minimum absolute atomic E-state index is 0. The van der Waals surface area contributed by atoms with Crippen molar-refractivity contribution < 1.29 is 37.7 Å². The van der Waals surface area contributed by atoms with Crippen molar-refractivity contribution in [1.29, 1.82) is 0 Å². The number of rotatable bonds is 0. The third-order valence-electron chi connectivity index (χ3n) is 0. The van der Waals surface area contributed by atoms with Crippen LogP contribution < -0.4 is 0 Å². The van der Waals surface area contributed by atoms with E-state index in [1.807, 2.05) is 0 Å². The zero-order valence-corrected chi connectivity index (χ0v) is 4.52. The van der Waals surface area contributed by atoms with Crippen LogP contribution in [0.3, 0.4) is 0 Å². The molecule has 0 aromatic carbocycles. The maximum Gasteiger partial charge on any atom is 0 e. The maximum atomic E-state index is 4.00. The van der Waals surface area contributed by atoms with Gasteiger partial charge in [-0.05, 0) is 0 Å². The van der Waals surface area contributed by atoms with Gasteiger partial charge in [-0.25, -0.2) is 0 Å². The summed E-state index contributed by atoms with van der Waals surface area (Å²) in [6.45, 7) is 0. The second kappa shape index (κ2) is 39900. The molecule has 0 N–H and O–H groups in total. The molecule has 0 aromatic rings. The van der Waals surface area contributed by atoms with Crippen LogP contribution >= 0.6 is 0 Å². The van der Waals surface area contributed by atoms with Gasteiger partial charge in [0.2, 0.25) is 0 Å². The van der Waals surface area contributed by atoms with Crippen molar-refractivity contribution in [3.05, 3.63) is 0 Å². The molecule has 0 atom stereocenters. The van der Waals surface area contributed by atoms with Crippen molar-refractivity contribution in [3.8, 4) is 38.5 Å². The molecule has 0 fully saturated rings. The third-order valence-corrected chi connectivity index (χ3v) is 0. The van der Waals surface area contributed by atoms with Gasteiger partial charge in [0.25, 0.3) is 0 Å². The summed E-state index contributed by atoms with van der Waals surface area (Å²) in [4.78, 5) is 0. The number of hydrogen-bond donors (Lipinski definition) is 0. The van der Waals surface area contributed by atoms with Crippen LogP contribution in [0.5, 0.6) is 0 Å². The molecule has 0 radical (unpaired) electrons. The van der Waals surface area contributed by atoms with Crippen LogP contribution in [0.15, 0.2) is 0 Å². The molecule has 1 heteroatoms. The zero-order valence-electron chi connectivity index (χ0n) is 3.82. The standard InChI is InChI=1S/3C2H2.Ar/c3*1-2;/h3*1-2H;. The Kier molecular flexibility index (Phi) is 162000. The number of terminal acetylenes is 3. The van der Waals surface area contributed by atoms with E-state index in [-0.39, 0.29) is 37.7 Å². The Labute approximate surface area is 75.7 Å². The second-order valence-corrected chi connectivity index (χ2v) is 0. The minimum atomic E-state index is 0. The first-order chi connectivity index (χ1) is 3.00. The zero-order chi connectivity index (χ0) is 6.00. The van der Waals surface area contributed by atoms with Gasteiger partial charge in [-0.1, -0.05) is 0 Å². The van der Waals surface area contributed by atoms with Crippen LogP contribution in [0.25, 0.3) is 0 Å². The first kappa shape index (κ1) is 28.3. The van der Waals surface area contributed by atoms with E-state index >= 15 is 0 Å². The van der Waals surface area contributed by atoms with Gasteiger partial charge in [0.15, 0.2) is 0 Å². The Bertz CT molecular complexity index is 32.7. The molecule has 38 valence electrons. The summed E-state index contributed by atoms with van der Waals surface area (Å²) in [5, 5.41) is 0. The molecule has 0 aliphatic carbocycles. The molecule has 0 rings (SSSR count). The Balaban J connectivity index is -0.00000000900. The van der Waals surface area contributed by atoms with Gasteiger partial charge < -0.3 is 0 Å². The van der Waals surface area contributed by atoms with Crippen LogP contribution in [0.4, 0.5) is 0 Å². The molecule has 0 nitrogen and oxygen atoms in total. The predicted molar refractivity (Wildman–Crippen MR) is 29.7 cm³/mol. The van der Waals surface area contributed by atoms with Crippen LogP contribution in [-0.2, 0) is 0 Å². The van der Waals surface area contributed by atoms with Gasteiger partial charge in [0.1, 0.15) is 0 Å². The van der Waals surface area contributed by atoms with E-state index in [1.165, 1.54) is 0 Å². The molecule has 0 aliphatic heterocycles. The second-order valence-electron chi connectivity index (χ2n) is 0. The van der Waals surface area contributed by atoms with Crippen molar-refractivity contribution in [3.63, 3.8) is 0 Å². The van der Waals surface area contributed by atoms with Gasteiger partial charge in [0, 0.05) is 37.7 Å². The first-order valence-corrected chi connectivity index (χ1v) is 1.00. The topological polar surface area (TPSA) is 0 Å².